The zero-order chi connectivity index (χ0) is 23.3. The molecule has 1 unspecified atom stereocenters. The molecule has 0 aliphatic rings. The summed E-state index contributed by atoms with van der Waals surface area (Å²) in [7, 11) is 0. The van der Waals surface area contributed by atoms with Gasteiger partial charge in [0.1, 0.15) is 11.5 Å². The van der Waals surface area contributed by atoms with Gasteiger partial charge in [-0.15, -0.1) is 11.3 Å². The van der Waals surface area contributed by atoms with E-state index >= 15 is 0 Å². The summed E-state index contributed by atoms with van der Waals surface area (Å²) in [6.07, 6.45) is -1.28. The third-order valence-electron chi connectivity index (χ3n) is 5.19. The molecule has 3 nitrogen and oxygen atoms in total. The Hall–Kier alpha value is -2.28. The molecule has 168 valence electrons. The smallest absolute Gasteiger partial charge is 0.300 e. The minimum absolute atomic E-state index is 0.320. The lowest BCUT2D eigenvalue weighted by molar-refractivity contribution is -0.141. The molecule has 1 atom stereocenters. The minimum Gasteiger partial charge on any atom is -0.300 e. The number of ketones is 1. The Bertz CT molecular complexity index is 1020. The van der Waals surface area contributed by atoms with Crippen molar-refractivity contribution in [2.75, 3.05) is 0 Å². The van der Waals surface area contributed by atoms with E-state index in [9.17, 15) is 18.0 Å². The number of aryl methyl sites for hydroxylation is 2. The molecular formula is C24H29F3N2OS. The molecule has 0 aliphatic carbocycles. The Morgan fingerprint density at radius 1 is 1.13 bits per heavy atom. The van der Waals surface area contributed by atoms with E-state index in [1.54, 1.807) is 18.3 Å². The Kier molecular flexibility index (Phi) is 8.34. The summed E-state index contributed by atoms with van der Waals surface area (Å²) in [5, 5.41) is 0.968. The van der Waals surface area contributed by atoms with E-state index in [4.69, 9.17) is 0 Å². The maximum absolute atomic E-state index is 12.5. The van der Waals surface area contributed by atoms with Crippen LogP contribution in [0.5, 0.6) is 0 Å². The number of carbonyl (C=O) groups excluding carboxylic acids is 1. The first-order valence-corrected chi connectivity index (χ1v) is 11.1. The number of alkyl halides is 3. The number of pyridine rings is 1. The predicted octanol–water partition coefficient (Wildman–Crippen LogP) is 7.64. The van der Waals surface area contributed by atoms with Gasteiger partial charge in [-0.1, -0.05) is 33.3 Å². The van der Waals surface area contributed by atoms with Crippen LogP contribution >= 0.6 is 11.3 Å². The Balaban J connectivity index is 0.000000291. The van der Waals surface area contributed by atoms with Crippen molar-refractivity contribution in [3.8, 4) is 11.1 Å². The molecule has 0 N–H and O–H groups in total. The largest absolute Gasteiger partial charge is 0.433 e. The molecule has 0 radical (unpaired) electrons. The monoisotopic (exact) mass is 450 g/mol. The second kappa shape index (κ2) is 10.4. The van der Waals surface area contributed by atoms with Crippen LogP contribution in [0.15, 0.2) is 30.5 Å². The van der Waals surface area contributed by atoms with Crippen molar-refractivity contribution in [2.45, 2.75) is 60.6 Å². The minimum atomic E-state index is -4.41. The zero-order valence-electron chi connectivity index (χ0n) is 18.8. The van der Waals surface area contributed by atoms with Crippen LogP contribution in [0.2, 0.25) is 0 Å². The van der Waals surface area contributed by atoms with Gasteiger partial charge in [-0.25, -0.2) is 4.98 Å². The van der Waals surface area contributed by atoms with Crippen LogP contribution < -0.4 is 0 Å². The first kappa shape index (κ1) is 25.0. The van der Waals surface area contributed by atoms with E-state index in [0.29, 0.717) is 23.2 Å². The molecule has 0 fully saturated rings. The highest BCUT2D eigenvalue weighted by atomic mass is 32.1. The number of rotatable bonds is 5. The van der Waals surface area contributed by atoms with E-state index in [0.717, 1.165) is 45.3 Å². The maximum atomic E-state index is 12.5. The molecule has 2 heterocycles. The molecule has 1 aromatic carbocycles. The number of Topliss-reactive ketones (excluding diaryl/α,β-unsaturated/α-hetero) is 1. The van der Waals surface area contributed by atoms with Gasteiger partial charge in [-0.2, -0.15) is 13.2 Å². The van der Waals surface area contributed by atoms with Crippen LogP contribution in [0.4, 0.5) is 13.2 Å². The third-order valence-corrected chi connectivity index (χ3v) is 6.31. The van der Waals surface area contributed by atoms with Gasteiger partial charge < -0.3 is 4.79 Å². The number of fused-ring (bicyclic) bond motifs is 1. The molecule has 0 aliphatic heterocycles. The van der Waals surface area contributed by atoms with Crippen molar-refractivity contribution in [3.05, 3.63) is 46.7 Å². The Morgan fingerprint density at radius 3 is 2.26 bits per heavy atom. The number of halogens is 3. The molecule has 0 bridgehead atoms. The molecular weight excluding hydrogens is 421 g/mol. The first-order valence-electron chi connectivity index (χ1n) is 10.3. The fourth-order valence-corrected chi connectivity index (χ4v) is 4.30. The van der Waals surface area contributed by atoms with Crippen molar-refractivity contribution < 1.29 is 18.0 Å². The highest BCUT2D eigenvalue weighted by molar-refractivity contribution is 7.18. The molecule has 0 amide bonds. The van der Waals surface area contributed by atoms with Gasteiger partial charge in [-0.05, 0) is 61.9 Å². The molecule has 31 heavy (non-hydrogen) atoms. The number of nitrogens with zero attached hydrogens (tertiary/aromatic N) is 2. The summed E-state index contributed by atoms with van der Waals surface area (Å²) in [6.45, 7) is 12.1. The van der Waals surface area contributed by atoms with Crippen LogP contribution in [0.1, 0.15) is 56.8 Å². The standard InChI is InChI=1S/C15H11F3N2S.C9H18O/c1-8-5-11(6-12-14(8)21-9(2)20-12)10-3-4-13(19-7-10)15(16,17)18;1-5-9(7(2)3)6-8(4)10/h3-7H,1-2H3;7,9H,5-6H2,1-4H3. The van der Waals surface area contributed by atoms with Crippen LogP contribution in [-0.2, 0) is 11.0 Å². The average Bonchev–Trinajstić information content (AvgIpc) is 3.06. The zero-order valence-corrected chi connectivity index (χ0v) is 19.6. The Morgan fingerprint density at radius 2 is 1.81 bits per heavy atom. The second-order valence-corrected chi connectivity index (χ2v) is 9.33. The van der Waals surface area contributed by atoms with Gasteiger partial charge in [0, 0.05) is 18.2 Å². The van der Waals surface area contributed by atoms with Gasteiger partial charge in [0.2, 0.25) is 0 Å². The number of carbonyl (C=O) groups is 1. The summed E-state index contributed by atoms with van der Waals surface area (Å²) < 4.78 is 38.7. The van der Waals surface area contributed by atoms with Crippen LogP contribution in [0.3, 0.4) is 0 Å². The highest BCUT2D eigenvalue weighted by Crippen LogP contribution is 2.32. The molecule has 7 heteroatoms. The number of aromatic nitrogens is 2. The van der Waals surface area contributed by atoms with Gasteiger partial charge >= 0.3 is 6.18 Å². The lowest BCUT2D eigenvalue weighted by atomic mass is 9.89. The summed E-state index contributed by atoms with van der Waals surface area (Å²) in [6, 6.07) is 6.27. The number of benzene rings is 1. The van der Waals surface area contributed by atoms with Crippen LogP contribution in [-0.4, -0.2) is 15.8 Å². The molecule has 3 rings (SSSR count). The topological polar surface area (TPSA) is 42.9 Å². The van der Waals surface area contributed by atoms with Gasteiger partial charge in [0.25, 0.3) is 0 Å². The average molecular weight is 451 g/mol. The summed E-state index contributed by atoms with van der Waals surface area (Å²) in [5.41, 5.74) is 2.53. The van der Waals surface area contributed by atoms with E-state index < -0.39 is 11.9 Å². The van der Waals surface area contributed by atoms with Crippen molar-refractivity contribution >= 4 is 27.3 Å². The third kappa shape index (κ3) is 6.86. The van der Waals surface area contributed by atoms with Crippen molar-refractivity contribution in [1.82, 2.24) is 9.97 Å². The van der Waals surface area contributed by atoms with E-state index in [2.05, 4.69) is 30.7 Å². The number of thiazole rings is 1. The van der Waals surface area contributed by atoms with Gasteiger partial charge in [-0.3, -0.25) is 4.98 Å². The van der Waals surface area contributed by atoms with Gasteiger partial charge in [0.15, 0.2) is 0 Å². The molecule has 3 aromatic rings. The highest BCUT2D eigenvalue weighted by Gasteiger charge is 2.32. The fourth-order valence-electron chi connectivity index (χ4n) is 3.43. The predicted molar refractivity (Wildman–Crippen MR) is 121 cm³/mol. The summed E-state index contributed by atoms with van der Waals surface area (Å²) in [5.74, 6) is 1.56. The second-order valence-electron chi connectivity index (χ2n) is 8.12. The maximum Gasteiger partial charge on any atom is 0.433 e. The van der Waals surface area contributed by atoms with E-state index in [1.165, 1.54) is 12.3 Å². The normalized spacial score (nSPS) is 12.6. The van der Waals surface area contributed by atoms with Crippen molar-refractivity contribution in [1.29, 1.82) is 0 Å². The van der Waals surface area contributed by atoms with Crippen molar-refractivity contribution in [3.63, 3.8) is 0 Å². The van der Waals surface area contributed by atoms with Crippen molar-refractivity contribution in [2.24, 2.45) is 11.8 Å². The quantitative estimate of drug-likeness (QED) is 0.401. The summed E-state index contributed by atoms with van der Waals surface area (Å²) in [4.78, 5) is 18.7. The number of hydrogen-bond donors (Lipinski definition) is 0. The van der Waals surface area contributed by atoms with Crippen LogP contribution in [0.25, 0.3) is 21.3 Å². The van der Waals surface area contributed by atoms with Gasteiger partial charge in [0.05, 0.1) is 15.2 Å². The number of hydrogen-bond acceptors (Lipinski definition) is 4. The first-order chi connectivity index (χ1) is 14.4. The fraction of sp³-hybridized carbons (Fsp3) is 0.458. The lowest BCUT2D eigenvalue weighted by Crippen LogP contribution is -2.11. The molecule has 0 saturated carbocycles. The molecule has 0 spiro atoms. The van der Waals surface area contributed by atoms with Crippen LogP contribution in [0, 0.1) is 25.7 Å². The lowest BCUT2D eigenvalue weighted by Gasteiger charge is -2.16. The molecule has 2 aromatic heterocycles. The van der Waals surface area contributed by atoms with E-state index in [-0.39, 0.29) is 0 Å². The molecule has 0 saturated heterocycles. The van der Waals surface area contributed by atoms with E-state index in [1.807, 2.05) is 26.0 Å². The SMILES string of the molecule is CCC(CC(C)=O)C(C)C.Cc1nc2cc(-c3ccc(C(F)(F)F)nc3)cc(C)c2s1. The Labute approximate surface area is 185 Å². The summed E-state index contributed by atoms with van der Waals surface area (Å²) >= 11 is 1.61.